The molecule has 1 aromatic rings. The van der Waals surface area contributed by atoms with Crippen molar-refractivity contribution in [2.45, 2.75) is 32.1 Å². The van der Waals surface area contributed by atoms with Crippen LogP contribution in [-0.2, 0) is 0 Å². The molecule has 2 atom stereocenters. The van der Waals surface area contributed by atoms with Gasteiger partial charge in [0, 0.05) is 24.6 Å². The van der Waals surface area contributed by atoms with Crippen LogP contribution in [0.4, 0.5) is 0 Å². The molecule has 0 amide bonds. The molecule has 3 nitrogen and oxygen atoms in total. The first-order valence-corrected chi connectivity index (χ1v) is 8.51. The third kappa shape index (κ3) is 3.78. The van der Waals surface area contributed by atoms with E-state index in [1.165, 1.54) is 44.5 Å². The summed E-state index contributed by atoms with van der Waals surface area (Å²) < 4.78 is 5.82. The van der Waals surface area contributed by atoms with Crippen molar-refractivity contribution in [1.82, 2.24) is 10.2 Å². The summed E-state index contributed by atoms with van der Waals surface area (Å²) in [7, 11) is 0. The number of rotatable bonds is 6. The van der Waals surface area contributed by atoms with Gasteiger partial charge in [0.25, 0.3) is 0 Å². The van der Waals surface area contributed by atoms with Crippen molar-refractivity contribution in [2.75, 3.05) is 39.3 Å². The van der Waals surface area contributed by atoms with E-state index in [0.717, 1.165) is 31.4 Å². The normalized spacial score (nSPS) is 25.6. The first-order chi connectivity index (χ1) is 10.4. The Morgan fingerprint density at radius 1 is 1.33 bits per heavy atom. The molecule has 116 valence electrons. The van der Waals surface area contributed by atoms with Gasteiger partial charge in [0.15, 0.2) is 0 Å². The minimum absolute atomic E-state index is 0.559. The second kappa shape index (κ2) is 7.28. The highest BCUT2D eigenvalue weighted by Crippen LogP contribution is 2.34. The van der Waals surface area contributed by atoms with Crippen molar-refractivity contribution in [1.29, 1.82) is 0 Å². The number of hydrogen-bond acceptors (Lipinski definition) is 3. The van der Waals surface area contributed by atoms with Crippen molar-refractivity contribution in [3.8, 4) is 5.75 Å². The highest BCUT2D eigenvalue weighted by Gasteiger charge is 2.28. The molecule has 0 bridgehead atoms. The van der Waals surface area contributed by atoms with Gasteiger partial charge in [-0.3, -0.25) is 0 Å². The number of benzene rings is 1. The molecule has 0 spiro atoms. The zero-order valence-electron chi connectivity index (χ0n) is 13.2. The standard InChI is InChI=1S/C18H28N2O/c1-2-9-19-11-15-6-5-10-20(12-15)13-16-14-21-18-8-4-3-7-17(16)18/h3-4,7-8,15-16,19H,2,5-6,9-14H2,1H3. The zero-order valence-corrected chi connectivity index (χ0v) is 13.2. The van der Waals surface area contributed by atoms with Crippen LogP contribution in [0, 0.1) is 5.92 Å². The van der Waals surface area contributed by atoms with E-state index in [1.807, 2.05) is 0 Å². The molecule has 0 radical (unpaired) electrons. The lowest BCUT2D eigenvalue weighted by Gasteiger charge is -2.34. The van der Waals surface area contributed by atoms with Crippen LogP contribution in [0.25, 0.3) is 0 Å². The van der Waals surface area contributed by atoms with Crippen molar-refractivity contribution >= 4 is 0 Å². The smallest absolute Gasteiger partial charge is 0.122 e. The summed E-state index contributed by atoms with van der Waals surface area (Å²) in [5.41, 5.74) is 1.41. The summed E-state index contributed by atoms with van der Waals surface area (Å²) in [6, 6.07) is 8.53. The van der Waals surface area contributed by atoms with E-state index in [0.29, 0.717) is 5.92 Å². The van der Waals surface area contributed by atoms with Gasteiger partial charge in [0.2, 0.25) is 0 Å². The van der Waals surface area contributed by atoms with Crippen LogP contribution in [0.5, 0.6) is 5.75 Å². The third-order valence-electron chi connectivity index (χ3n) is 4.74. The molecule has 0 aliphatic carbocycles. The zero-order chi connectivity index (χ0) is 14.5. The predicted octanol–water partition coefficient (Wildman–Crippen LogP) is 2.87. The fourth-order valence-corrected chi connectivity index (χ4v) is 3.66. The summed E-state index contributed by atoms with van der Waals surface area (Å²) in [6.07, 6.45) is 3.95. The van der Waals surface area contributed by atoms with Gasteiger partial charge in [0.1, 0.15) is 5.75 Å². The van der Waals surface area contributed by atoms with Crippen LogP contribution in [0.15, 0.2) is 24.3 Å². The Kier molecular flexibility index (Phi) is 5.15. The van der Waals surface area contributed by atoms with Gasteiger partial charge in [-0.2, -0.15) is 0 Å². The van der Waals surface area contributed by atoms with Crippen molar-refractivity contribution < 1.29 is 4.74 Å². The van der Waals surface area contributed by atoms with E-state index >= 15 is 0 Å². The van der Waals surface area contributed by atoms with Gasteiger partial charge in [-0.25, -0.2) is 0 Å². The first-order valence-electron chi connectivity index (χ1n) is 8.51. The summed E-state index contributed by atoms with van der Waals surface area (Å²) >= 11 is 0. The topological polar surface area (TPSA) is 24.5 Å². The number of para-hydroxylation sites is 1. The van der Waals surface area contributed by atoms with Gasteiger partial charge in [0.05, 0.1) is 6.61 Å². The lowest BCUT2D eigenvalue weighted by atomic mass is 9.95. The van der Waals surface area contributed by atoms with E-state index < -0.39 is 0 Å². The average molecular weight is 288 g/mol. The molecular weight excluding hydrogens is 260 g/mol. The van der Waals surface area contributed by atoms with E-state index in [-0.39, 0.29) is 0 Å². The van der Waals surface area contributed by atoms with E-state index in [4.69, 9.17) is 4.74 Å². The van der Waals surface area contributed by atoms with Gasteiger partial charge in [-0.05, 0) is 50.9 Å². The van der Waals surface area contributed by atoms with Crippen LogP contribution >= 0.6 is 0 Å². The van der Waals surface area contributed by atoms with Crippen LogP contribution < -0.4 is 10.1 Å². The molecule has 0 aromatic heterocycles. The van der Waals surface area contributed by atoms with E-state index in [2.05, 4.69) is 41.4 Å². The molecule has 1 saturated heterocycles. The largest absolute Gasteiger partial charge is 0.493 e. The average Bonchev–Trinajstić information content (AvgIpc) is 2.91. The second-order valence-electron chi connectivity index (χ2n) is 6.52. The van der Waals surface area contributed by atoms with Crippen molar-refractivity contribution in [3.63, 3.8) is 0 Å². The molecule has 0 saturated carbocycles. The summed E-state index contributed by atoms with van der Waals surface area (Å²) in [5.74, 6) is 2.48. The first kappa shape index (κ1) is 14.9. The van der Waals surface area contributed by atoms with Crippen molar-refractivity contribution in [2.24, 2.45) is 5.92 Å². The lowest BCUT2D eigenvalue weighted by molar-refractivity contribution is 0.157. The molecule has 21 heavy (non-hydrogen) atoms. The number of hydrogen-bond donors (Lipinski definition) is 1. The lowest BCUT2D eigenvalue weighted by Crippen LogP contribution is -2.41. The maximum absolute atomic E-state index is 5.82. The molecule has 1 aromatic carbocycles. The maximum atomic E-state index is 5.82. The molecule has 2 heterocycles. The molecule has 3 rings (SSSR count). The second-order valence-corrected chi connectivity index (χ2v) is 6.52. The molecule has 2 unspecified atom stereocenters. The Labute approximate surface area is 128 Å². The number of nitrogens with zero attached hydrogens (tertiary/aromatic N) is 1. The Bertz CT molecular complexity index is 449. The molecule has 1 fully saturated rings. The molecule has 1 N–H and O–H groups in total. The number of ether oxygens (including phenoxy) is 1. The Balaban J connectivity index is 1.51. The molecule has 2 aliphatic rings. The van der Waals surface area contributed by atoms with E-state index in [9.17, 15) is 0 Å². The van der Waals surface area contributed by atoms with Crippen LogP contribution in [0.3, 0.4) is 0 Å². The quantitative estimate of drug-likeness (QED) is 0.815. The number of likely N-dealkylation sites (tertiary alicyclic amines) is 1. The van der Waals surface area contributed by atoms with Gasteiger partial charge in [-0.15, -0.1) is 0 Å². The van der Waals surface area contributed by atoms with Crippen LogP contribution in [0.2, 0.25) is 0 Å². The van der Waals surface area contributed by atoms with Gasteiger partial charge in [-0.1, -0.05) is 25.1 Å². The summed E-state index contributed by atoms with van der Waals surface area (Å²) in [6.45, 7) is 9.08. The van der Waals surface area contributed by atoms with Gasteiger partial charge < -0.3 is 15.0 Å². The monoisotopic (exact) mass is 288 g/mol. The Morgan fingerprint density at radius 2 is 2.24 bits per heavy atom. The maximum Gasteiger partial charge on any atom is 0.122 e. The fourth-order valence-electron chi connectivity index (χ4n) is 3.66. The summed E-state index contributed by atoms with van der Waals surface area (Å²) in [4.78, 5) is 2.65. The summed E-state index contributed by atoms with van der Waals surface area (Å²) in [5, 5.41) is 3.58. The fraction of sp³-hybridized carbons (Fsp3) is 0.667. The van der Waals surface area contributed by atoms with Crippen molar-refractivity contribution in [3.05, 3.63) is 29.8 Å². The molecule has 2 aliphatic heterocycles. The molecule has 3 heteroatoms. The Hall–Kier alpha value is -1.06. The highest BCUT2D eigenvalue weighted by atomic mass is 16.5. The SMILES string of the molecule is CCCNCC1CCCN(CC2COc3ccccc32)C1. The molecular formula is C18H28N2O. The highest BCUT2D eigenvalue weighted by molar-refractivity contribution is 5.39. The number of nitrogens with one attached hydrogen (secondary N) is 1. The number of piperidine rings is 1. The van der Waals surface area contributed by atoms with Crippen LogP contribution in [0.1, 0.15) is 37.7 Å². The van der Waals surface area contributed by atoms with Crippen LogP contribution in [-0.4, -0.2) is 44.2 Å². The van der Waals surface area contributed by atoms with E-state index in [1.54, 1.807) is 0 Å². The van der Waals surface area contributed by atoms with Gasteiger partial charge >= 0.3 is 0 Å². The number of fused-ring (bicyclic) bond motifs is 1. The minimum atomic E-state index is 0.559. The minimum Gasteiger partial charge on any atom is -0.493 e. The predicted molar refractivity (Wildman–Crippen MR) is 87.0 cm³/mol. The third-order valence-corrected chi connectivity index (χ3v) is 4.74. The Morgan fingerprint density at radius 3 is 3.14 bits per heavy atom.